The minimum Gasteiger partial charge on any atom is -0.477 e. The highest BCUT2D eigenvalue weighted by Crippen LogP contribution is 2.33. The first-order chi connectivity index (χ1) is 10.6. The van der Waals surface area contributed by atoms with Gasteiger partial charge in [0.05, 0.1) is 12.2 Å². The third-order valence-corrected chi connectivity index (χ3v) is 4.13. The smallest absolute Gasteiger partial charge is 0.260 e. The number of anilines is 1. The number of hydrogen-bond acceptors (Lipinski definition) is 4. The van der Waals surface area contributed by atoms with E-state index < -0.39 is 12.0 Å². The van der Waals surface area contributed by atoms with Gasteiger partial charge in [0.1, 0.15) is 5.75 Å². The molecular formula is C16H14N2O3S. The Labute approximate surface area is 131 Å². The molecule has 112 valence electrons. The zero-order valence-corrected chi connectivity index (χ0v) is 12.5. The van der Waals surface area contributed by atoms with Gasteiger partial charge in [0.15, 0.2) is 6.10 Å². The van der Waals surface area contributed by atoms with Gasteiger partial charge in [0, 0.05) is 11.0 Å². The predicted octanol–water partition coefficient (Wildman–Crippen LogP) is 2.04. The van der Waals surface area contributed by atoms with Crippen LogP contribution in [-0.4, -0.2) is 24.5 Å². The van der Waals surface area contributed by atoms with Crippen molar-refractivity contribution in [3.8, 4) is 5.75 Å². The van der Waals surface area contributed by atoms with Gasteiger partial charge in [-0.2, -0.15) is 0 Å². The largest absolute Gasteiger partial charge is 0.477 e. The fourth-order valence-electron chi connectivity index (χ4n) is 2.22. The number of amides is 2. The summed E-state index contributed by atoms with van der Waals surface area (Å²) in [6.45, 7) is 0.111. The average molecular weight is 314 g/mol. The summed E-state index contributed by atoms with van der Waals surface area (Å²) in [6, 6.07) is 10.9. The van der Waals surface area contributed by atoms with Crippen LogP contribution in [0, 0.1) is 0 Å². The summed E-state index contributed by atoms with van der Waals surface area (Å²) in [7, 11) is 0. The summed E-state index contributed by atoms with van der Waals surface area (Å²) in [6.07, 6.45) is 2.41. The van der Waals surface area contributed by atoms with E-state index in [0.29, 0.717) is 11.4 Å². The van der Waals surface area contributed by atoms with E-state index in [0.717, 1.165) is 4.88 Å². The van der Waals surface area contributed by atoms with E-state index in [2.05, 4.69) is 0 Å². The van der Waals surface area contributed by atoms with Gasteiger partial charge in [-0.05, 0) is 29.7 Å². The van der Waals surface area contributed by atoms with E-state index in [1.54, 1.807) is 35.6 Å². The maximum absolute atomic E-state index is 12.5. The molecule has 0 saturated carbocycles. The number of nitrogens with two attached hydrogens (primary N) is 1. The molecule has 0 spiro atoms. The number of nitrogens with zero attached hydrogens (tertiary/aromatic N) is 1. The molecule has 0 radical (unpaired) electrons. The van der Waals surface area contributed by atoms with Crippen LogP contribution in [0.5, 0.6) is 5.75 Å². The highest BCUT2D eigenvalue weighted by molar-refractivity contribution is 7.10. The summed E-state index contributed by atoms with van der Waals surface area (Å²) < 4.78 is 5.53. The molecule has 1 unspecified atom stereocenters. The first kappa shape index (κ1) is 14.3. The van der Waals surface area contributed by atoms with Crippen molar-refractivity contribution in [1.29, 1.82) is 0 Å². The summed E-state index contributed by atoms with van der Waals surface area (Å²) >= 11 is 1.55. The van der Waals surface area contributed by atoms with Crippen LogP contribution in [0.25, 0.3) is 6.08 Å². The molecule has 3 rings (SSSR count). The van der Waals surface area contributed by atoms with Crippen molar-refractivity contribution in [2.24, 2.45) is 5.73 Å². The van der Waals surface area contributed by atoms with Gasteiger partial charge in [0.25, 0.3) is 11.8 Å². The molecule has 5 nitrogen and oxygen atoms in total. The molecular weight excluding hydrogens is 300 g/mol. The molecule has 2 aromatic rings. The number of carbonyl (C=O) groups excluding carboxylic acids is 2. The van der Waals surface area contributed by atoms with Crippen LogP contribution >= 0.6 is 11.3 Å². The number of primary amides is 1. The molecule has 22 heavy (non-hydrogen) atoms. The van der Waals surface area contributed by atoms with E-state index in [1.165, 1.54) is 11.0 Å². The Morgan fingerprint density at radius 1 is 1.27 bits per heavy atom. The number of fused-ring (bicyclic) bond motifs is 1. The van der Waals surface area contributed by atoms with Crippen LogP contribution in [0.4, 0.5) is 5.69 Å². The van der Waals surface area contributed by atoms with Gasteiger partial charge in [-0.15, -0.1) is 11.3 Å². The molecule has 1 aromatic heterocycles. The lowest BCUT2D eigenvalue weighted by Crippen LogP contribution is -2.49. The highest BCUT2D eigenvalue weighted by Gasteiger charge is 2.31. The molecule has 2 N–H and O–H groups in total. The lowest BCUT2D eigenvalue weighted by atomic mass is 10.1. The quantitative estimate of drug-likeness (QED) is 0.881. The van der Waals surface area contributed by atoms with Crippen LogP contribution in [0.3, 0.4) is 0 Å². The van der Waals surface area contributed by atoms with E-state index in [9.17, 15) is 9.59 Å². The zero-order valence-electron chi connectivity index (χ0n) is 11.6. The van der Waals surface area contributed by atoms with Crippen molar-refractivity contribution in [2.45, 2.75) is 6.10 Å². The minimum absolute atomic E-state index is 0.111. The molecule has 0 fully saturated rings. The number of para-hydroxylation sites is 2. The Morgan fingerprint density at radius 2 is 2.09 bits per heavy atom. The van der Waals surface area contributed by atoms with Crippen molar-refractivity contribution < 1.29 is 14.3 Å². The van der Waals surface area contributed by atoms with Crippen molar-refractivity contribution >= 4 is 34.9 Å². The summed E-state index contributed by atoms with van der Waals surface area (Å²) in [4.78, 5) is 26.4. The molecule has 1 aliphatic heterocycles. The predicted molar refractivity (Wildman–Crippen MR) is 85.8 cm³/mol. The molecule has 0 bridgehead atoms. The SMILES string of the molecule is NC(=O)C1CN(C(=O)/C=C/c2cccs2)c2ccccc2O1. The first-order valence-corrected chi connectivity index (χ1v) is 7.61. The van der Waals surface area contributed by atoms with Crippen LogP contribution in [0.15, 0.2) is 47.9 Å². The van der Waals surface area contributed by atoms with E-state index >= 15 is 0 Å². The van der Waals surface area contributed by atoms with Gasteiger partial charge >= 0.3 is 0 Å². The number of hydrogen-bond donors (Lipinski definition) is 1. The van der Waals surface area contributed by atoms with E-state index in [1.807, 2.05) is 23.6 Å². The van der Waals surface area contributed by atoms with Gasteiger partial charge < -0.3 is 15.4 Å². The van der Waals surface area contributed by atoms with Crippen LogP contribution in [-0.2, 0) is 9.59 Å². The fourth-order valence-corrected chi connectivity index (χ4v) is 2.84. The summed E-state index contributed by atoms with van der Waals surface area (Å²) in [5.41, 5.74) is 5.96. The Balaban J connectivity index is 1.88. The van der Waals surface area contributed by atoms with Gasteiger partial charge in [-0.25, -0.2) is 0 Å². The molecule has 2 heterocycles. The monoisotopic (exact) mass is 314 g/mol. The second-order valence-corrected chi connectivity index (χ2v) is 5.75. The van der Waals surface area contributed by atoms with Crippen molar-refractivity contribution in [2.75, 3.05) is 11.4 Å². The minimum atomic E-state index is -0.839. The third kappa shape index (κ3) is 2.87. The van der Waals surface area contributed by atoms with E-state index in [-0.39, 0.29) is 12.5 Å². The molecule has 6 heteroatoms. The fraction of sp³-hybridized carbons (Fsp3) is 0.125. The summed E-state index contributed by atoms with van der Waals surface area (Å²) in [5.74, 6) is -0.319. The molecule has 1 aliphatic rings. The first-order valence-electron chi connectivity index (χ1n) is 6.73. The number of thiophene rings is 1. The second kappa shape index (κ2) is 6.03. The Hall–Kier alpha value is -2.60. The van der Waals surface area contributed by atoms with Crippen molar-refractivity contribution in [3.05, 3.63) is 52.7 Å². The maximum Gasteiger partial charge on any atom is 0.260 e. The lowest BCUT2D eigenvalue weighted by Gasteiger charge is -2.32. The normalized spacial score (nSPS) is 17.1. The average Bonchev–Trinajstić information content (AvgIpc) is 3.04. The Kier molecular flexibility index (Phi) is 3.93. The van der Waals surface area contributed by atoms with Crippen molar-refractivity contribution in [1.82, 2.24) is 0 Å². The number of carbonyl (C=O) groups is 2. The molecule has 2 amide bonds. The molecule has 0 saturated heterocycles. The van der Waals surface area contributed by atoms with Gasteiger partial charge in [-0.1, -0.05) is 18.2 Å². The summed E-state index contributed by atoms with van der Waals surface area (Å²) in [5, 5.41) is 1.94. The molecule has 1 aromatic carbocycles. The zero-order chi connectivity index (χ0) is 15.5. The van der Waals surface area contributed by atoms with E-state index in [4.69, 9.17) is 10.5 Å². The molecule has 0 aliphatic carbocycles. The standard InChI is InChI=1S/C16H14N2O3S/c17-16(20)14-10-18(12-5-1-2-6-13(12)21-14)15(19)8-7-11-4-3-9-22-11/h1-9,14H,10H2,(H2,17,20)/b8-7+. The third-order valence-electron chi connectivity index (χ3n) is 3.29. The second-order valence-electron chi connectivity index (χ2n) is 4.77. The van der Waals surface area contributed by atoms with Crippen LogP contribution in [0.1, 0.15) is 4.88 Å². The lowest BCUT2D eigenvalue weighted by molar-refractivity contribution is -0.125. The number of ether oxygens (including phenoxy) is 1. The topological polar surface area (TPSA) is 72.6 Å². The van der Waals surface area contributed by atoms with Crippen LogP contribution in [0.2, 0.25) is 0 Å². The van der Waals surface area contributed by atoms with Gasteiger partial charge in [-0.3, -0.25) is 9.59 Å². The number of benzene rings is 1. The number of rotatable bonds is 3. The Bertz CT molecular complexity index is 725. The maximum atomic E-state index is 12.5. The molecule has 1 atom stereocenters. The van der Waals surface area contributed by atoms with Crippen LogP contribution < -0.4 is 15.4 Å². The van der Waals surface area contributed by atoms with Crippen molar-refractivity contribution in [3.63, 3.8) is 0 Å². The highest BCUT2D eigenvalue weighted by atomic mass is 32.1. The van der Waals surface area contributed by atoms with Gasteiger partial charge in [0.2, 0.25) is 0 Å². The Morgan fingerprint density at radius 3 is 2.82 bits per heavy atom.